The van der Waals surface area contributed by atoms with Gasteiger partial charge in [-0.1, -0.05) is 85.6 Å². The highest BCUT2D eigenvalue weighted by Crippen LogP contribution is 2.26. The van der Waals surface area contributed by atoms with Crippen LogP contribution in [0.5, 0.6) is 0 Å². The van der Waals surface area contributed by atoms with Crippen LogP contribution in [0.3, 0.4) is 0 Å². The van der Waals surface area contributed by atoms with Gasteiger partial charge in [-0.15, -0.1) is 0 Å². The molecule has 0 fully saturated rings. The summed E-state index contributed by atoms with van der Waals surface area (Å²) in [5.41, 5.74) is 7.08. The van der Waals surface area contributed by atoms with E-state index in [9.17, 15) is 9.59 Å². The molecule has 0 aliphatic rings. The van der Waals surface area contributed by atoms with Gasteiger partial charge in [0, 0.05) is 33.7 Å². The first-order valence-corrected chi connectivity index (χ1v) is 12.7. The second-order valence-electron chi connectivity index (χ2n) is 9.14. The summed E-state index contributed by atoms with van der Waals surface area (Å²) in [6.45, 7) is 6.46. The Hall–Kier alpha value is -3.61. The van der Waals surface area contributed by atoms with E-state index in [0.29, 0.717) is 5.02 Å². The molecule has 190 valence electrons. The topological polar surface area (TPSA) is 75.5 Å². The van der Waals surface area contributed by atoms with Crippen LogP contribution < -0.4 is 10.7 Å². The fourth-order valence-corrected chi connectivity index (χ4v) is 4.74. The highest BCUT2D eigenvalue weighted by Gasteiger charge is 2.25. The zero-order valence-electron chi connectivity index (χ0n) is 20.8. The van der Waals surface area contributed by atoms with Gasteiger partial charge in [0.1, 0.15) is 6.04 Å². The molecular weight excluding hydrogens is 507 g/mol. The van der Waals surface area contributed by atoms with Gasteiger partial charge in [-0.2, -0.15) is 5.10 Å². The number of para-hydroxylation sites is 1. The quantitative estimate of drug-likeness (QED) is 0.208. The molecule has 2 N–H and O–H groups in total. The molecule has 1 heterocycles. The molecule has 0 radical (unpaired) electrons. The standard InChI is InChI=1S/C29H28Cl2N4O2/c1-18(2)27(33-28(36)23-14-13-21(30)15-25(23)31)29(37)34-32-16-24-19(3)35(17-20-9-5-4-6-10-20)26-12-8-7-11-22(24)26/h4-16,18,27H,17H2,1-3H3,(H,33,36)(H,34,37). The van der Waals surface area contributed by atoms with Gasteiger partial charge < -0.3 is 9.88 Å². The van der Waals surface area contributed by atoms with Gasteiger partial charge in [-0.25, -0.2) is 5.43 Å². The predicted octanol–water partition coefficient (Wildman–Crippen LogP) is 6.21. The number of halogens is 2. The molecule has 3 aromatic carbocycles. The smallest absolute Gasteiger partial charge is 0.262 e. The van der Waals surface area contributed by atoms with E-state index < -0.39 is 17.9 Å². The second-order valence-corrected chi connectivity index (χ2v) is 9.99. The Bertz CT molecular complexity index is 1460. The van der Waals surface area contributed by atoms with Crippen molar-refractivity contribution in [1.82, 2.24) is 15.3 Å². The van der Waals surface area contributed by atoms with Crippen molar-refractivity contribution >= 4 is 52.1 Å². The highest BCUT2D eigenvalue weighted by molar-refractivity contribution is 6.36. The van der Waals surface area contributed by atoms with E-state index in [1.165, 1.54) is 17.7 Å². The number of carbonyl (C=O) groups excluding carboxylic acids is 2. The zero-order chi connectivity index (χ0) is 26.5. The molecule has 1 unspecified atom stereocenters. The molecule has 4 rings (SSSR count). The predicted molar refractivity (Wildman–Crippen MR) is 151 cm³/mol. The number of aromatic nitrogens is 1. The molecule has 0 saturated carbocycles. The average molecular weight is 535 g/mol. The van der Waals surface area contributed by atoms with Crippen LogP contribution in [0.2, 0.25) is 10.0 Å². The molecule has 0 saturated heterocycles. The van der Waals surface area contributed by atoms with E-state index in [2.05, 4.69) is 38.6 Å². The van der Waals surface area contributed by atoms with E-state index in [-0.39, 0.29) is 16.5 Å². The van der Waals surface area contributed by atoms with Crippen molar-refractivity contribution in [2.45, 2.75) is 33.4 Å². The van der Waals surface area contributed by atoms with Gasteiger partial charge in [0.2, 0.25) is 0 Å². The molecule has 37 heavy (non-hydrogen) atoms. The molecular formula is C29H28Cl2N4O2. The van der Waals surface area contributed by atoms with Gasteiger partial charge in [0.25, 0.3) is 11.8 Å². The van der Waals surface area contributed by atoms with Crippen LogP contribution in [-0.2, 0) is 11.3 Å². The fourth-order valence-electron chi connectivity index (χ4n) is 4.25. The summed E-state index contributed by atoms with van der Waals surface area (Å²) in [5, 5.41) is 8.69. The summed E-state index contributed by atoms with van der Waals surface area (Å²) in [7, 11) is 0. The van der Waals surface area contributed by atoms with Crippen molar-refractivity contribution in [3.63, 3.8) is 0 Å². The fraction of sp³-hybridized carbons (Fsp3) is 0.207. The number of nitrogens with zero attached hydrogens (tertiary/aromatic N) is 2. The summed E-state index contributed by atoms with van der Waals surface area (Å²) < 4.78 is 2.24. The van der Waals surface area contributed by atoms with E-state index in [1.807, 2.05) is 57.2 Å². The van der Waals surface area contributed by atoms with Crippen molar-refractivity contribution in [3.05, 3.63) is 105 Å². The molecule has 6 nitrogen and oxygen atoms in total. The number of hydrogen-bond acceptors (Lipinski definition) is 3. The molecule has 4 aromatic rings. The number of carbonyl (C=O) groups is 2. The van der Waals surface area contributed by atoms with Gasteiger partial charge in [0.15, 0.2) is 0 Å². The van der Waals surface area contributed by atoms with Crippen LogP contribution >= 0.6 is 23.2 Å². The van der Waals surface area contributed by atoms with Gasteiger partial charge in [0.05, 0.1) is 16.8 Å². The number of benzene rings is 3. The monoisotopic (exact) mass is 534 g/mol. The number of nitrogens with one attached hydrogen (secondary N) is 2. The maximum atomic E-state index is 13.0. The lowest BCUT2D eigenvalue weighted by Crippen LogP contribution is -2.48. The first-order valence-electron chi connectivity index (χ1n) is 12.0. The lowest BCUT2D eigenvalue weighted by atomic mass is 10.0. The summed E-state index contributed by atoms with van der Waals surface area (Å²) >= 11 is 12.1. The third-order valence-corrected chi connectivity index (χ3v) is 6.79. The summed E-state index contributed by atoms with van der Waals surface area (Å²) in [6, 6.07) is 22.1. The number of hydrazone groups is 1. The minimum Gasteiger partial charge on any atom is -0.340 e. The maximum Gasteiger partial charge on any atom is 0.262 e. The molecule has 0 bridgehead atoms. The minimum absolute atomic E-state index is 0.181. The molecule has 0 spiro atoms. The van der Waals surface area contributed by atoms with Crippen molar-refractivity contribution in [2.24, 2.45) is 11.0 Å². The Labute approximate surface area is 226 Å². The first kappa shape index (κ1) is 26.5. The third kappa shape index (κ3) is 6.04. The van der Waals surface area contributed by atoms with E-state index >= 15 is 0 Å². The van der Waals surface area contributed by atoms with Gasteiger partial charge in [-0.05, 0) is 42.7 Å². The van der Waals surface area contributed by atoms with Gasteiger partial charge >= 0.3 is 0 Å². The minimum atomic E-state index is -0.808. The molecule has 0 aliphatic carbocycles. The van der Waals surface area contributed by atoms with Crippen molar-refractivity contribution in [2.75, 3.05) is 0 Å². The normalized spacial score (nSPS) is 12.3. The Morgan fingerprint density at radius 2 is 1.70 bits per heavy atom. The van der Waals surface area contributed by atoms with Crippen LogP contribution in [0.15, 0.2) is 77.9 Å². The largest absolute Gasteiger partial charge is 0.340 e. The number of hydrogen-bond donors (Lipinski definition) is 2. The number of fused-ring (bicyclic) bond motifs is 1. The molecule has 1 atom stereocenters. The Kier molecular flexibility index (Phi) is 8.31. The number of amides is 2. The Morgan fingerprint density at radius 3 is 2.41 bits per heavy atom. The highest BCUT2D eigenvalue weighted by atomic mass is 35.5. The SMILES string of the molecule is Cc1c(C=NNC(=O)C(NC(=O)c2ccc(Cl)cc2Cl)C(C)C)c2ccccc2n1Cc1ccccc1. The van der Waals surface area contributed by atoms with Crippen molar-refractivity contribution in [3.8, 4) is 0 Å². The molecule has 2 amide bonds. The molecule has 8 heteroatoms. The summed E-state index contributed by atoms with van der Waals surface area (Å²) in [5.74, 6) is -1.06. The van der Waals surface area contributed by atoms with Gasteiger partial charge in [-0.3, -0.25) is 9.59 Å². The van der Waals surface area contributed by atoms with E-state index in [4.69, 9.17) is 23.2 Å². The van der Waals surface area contributed by atoms with E-state index in [1.54, 1.807) is 12.3 Å². The lowest BCUT2D eigenvalue weighted by molar-refractivity contribution is -0.123. The van der Waals surface area contributed by atoms with Crippen molar-refractivity contribution in [1.29, 1.82) is 0 Å². The van der Waals surface area contributed by atoms with Crippen LogP contribution in [0.1, 0.15) is 41.0 Å². The maximum absolute atomic E-state index is 13.0. The lowest BCUT2D eigenvalue weighted by Gasteiger charge is -2.20. The van der Waals surface area contributed by atoms with Crippen LogP contribution in [0.25, 0.3) is 10.9 Å². The second kappa shape index (κ2) is 11.6. The molecule has 1 aromatic heterocycles. The van der Waals surface area contributed by atoms with Crippen LogP contribution in [0, 0.1) is 12.8 Å². The Morgan fingerprint density at radius 1 is 1.00 bits per heavy atom. The number of rotatable bonds is 8. The van der Waals surface area contributed by atoms with Crippen molar-refractivity contribution < 1.29 is 9.59 Å². The molecule has 0 aliphatic heterocycles. The third-order valence-electron chi connectivity index (χ3n) is 6.24. The van der Waals surface area contributed by atoms with Crippen LogP contribution in [-0.4, -0.2) is 28.6 Å². The summed E-state index contributed by atoms with van der Waals surface area (Å²) in [6.07, 6.45) is 1.66. The zero-order valence-corrected chi connectivity index (χ0v) is 22.3. The first-order chi connectivity index (χ1) is 17.8. The summed E-state index contributed by atoms with van der Waals surface area (Å²) in [4.78, 5) is 25.8. The Balaban J connectivity index is 1.52. The van der Waals surface area contributed by atoms with E-state index in [0.717, 1.165) is 28.7 Å². The average Bonchev–Trinajstić information content (AvgIpc) is 3.13. The van der Waals surface area contributed by atoms with Crippen LogP contribution in [0.4, 0.5) is 0 Å².